The summed E-state index contributed by atoms with van der Waals surface area (Å²) in [6.07, 6.45) is 0. The number of phenols is 1. The third-order valence-electron chi connectivity index (χ3n) is 5.32. The van der Waals surface area contributed by atoms with Crippen molar-refractivity contribution >= 4 is 76.7 Å². The Morgan fingerprint density at radius 3 is 1.93 bits per heavy atom. The summed E-state index contributed by atoms with van der Waals surface area (Å²) in [6.45, 7) is 0. The number of nitrogens with two attached hydrogens (primary N) is 2. The maximum atomic E-state index is 13.3. The van der Waals surface area contributed by atoms with Crippen molar-refractivity contribution in [2.24, 2.45) is 20.5 Å². The minimum Gasteiger partial charge on any atom is -0.871 e. The second-order valence-corrected chi connectivity index (χ2v) is 11.2. The third kappa shape index (κ3) is 7.50. The number of azo groups is 2. The zero-order valence-corrected chi connectivity index (χ0v) is 27.9. The Balaban J connectivity index is 0.00000308. The number of fused-ring (bicyclic) bond motifs is 1. The van der Waals surface area contributed by atoms with Crippen LogP contribution in [0.1, 0.15) is 0 Å². The zero-order valence-electron chi connectivity index (χ0n) is 21.5. The standard InChI is InChI=1S/C22H17ClN6O9S2.2Na/c23-9-1-4-17(30)15(5-9)26-28-19-12-8-18(40(36,37)38)20(21(31)11(12)2-3-13(19)24)29-27-16-7-10(39(33,34)35)6-14(25)22(16)32;;/h1-8,30-32H,24-25H2,(H,33,34,35)(H,36,37,38);;/q;2*+1/p-2. The minimum atomic E-state index is -5.17. The van der Waals surface area contributed by atoms with Crippen LogP contribution in [0.5, 0.6) is 17.2 Å². The fourth-order valence-corrected chi connectivity index (χ4v) is 4.77. The maximum Gasteiger partial charge on any atom is 1.00 e. The van der Waals surface area contributed by atoms with Gasteiger partial charge in [-0.25, -0.2) is 0 Å². The molecule has 0 unspecified atom stereocenters. The summed E-state index contributed by atoms with van der Waals surface area (Å²) in [5.41, 5.74) is 8.72. The molecule has 208 valence electrons. The van der Waals surface area contributed by atoms with Gasteiger partial charge in [0.2, 0.25) is 0 Å². The molecule has 4 aromatic carbocycles. The molecule has 0 aliphatic carbocycles. The largest absolute Gasteiger partial charge is 1.00 e. The SMILES string of the molecule is Nc1cc(S(=O)(=O)O)cc(N=Nc2c(S(=O)(=O)O)cc3c(N=Nc4cc(Cl)ccc4O)c(N)ccc3c2[O-])c1[O-].[Na+].[Na+]. The molecule has 0 radical (unpaired) electrons. The molecule has 0 aliphatic heterocycles. The van der Waals surface area contributed by atoms with E-state index >= 15 is 0 Å². The minimum absolute atomic E-state index is 0. The Morgan fingerprint density at radius 2 is 1.31 bits per heavy atom. The summed E-state index contributed by atoms with van der Waals surface area (Å²) in [7, 11) is -10.0. The topological polar surface area (TPSA) is 277 Å². The average molecular weight is 653 g/mol. The van der Waals surface area contributed by atoms with E-state index in [1.54, 1.807) is 0 Å². The van der Waals surface area contributed by atoms with Crippen LogP contribution in [0.2, 0.25) is 5.02 Å². The van der Waals surface area contributed by atoms with Gasteiger partial charge in [0, 0.05) is 16.1 Å². The van der Waals surface area contributed by atoms with Gasteiger partial charge in [0.05, 0.1) is 22.0 Å². The number of rotatable bonds is 6. The van der Waals surface area contributed by atoms with Crippen LogP contribution in [0.3, 0.4) is 0 Å². The summed E-state index contributed by atoms with van der Waals surface area (Å²) >= 11 is 5.90. The van der Waals surface area contributed by atoms with Crippen LogP contribution in [-0.2, 0) is 20.2 Å². The fourth-order valence-electron chi connectivity index (χ4n) is 3.43. The van der Waals surface area contributed by atoms with Gasteiger partial charge >= 0.3 is 59.1 Å². The van der Waals surface area contributed by atoms with E-state index in [0.29, 0.717) is 12.1 Å². The summed E-state index contributed by atoms with van der Waals surface area (Å²) in [4.78, 5) is -1.88. The van der Waals surface area contributed by atoms with E-state index in [4.69, 9.17) is 23.1 Å². The van der Waals surface area contributed by atoms with E-state index in [1.165, 1.54) is 30.3 Å². The molecule has 0 saturated carbocycles. The number of nitrogen functional groups attached to an aromatic ring is 2. The Bertz CT molecular complexity index is 1990. The van der Waals surface area contributed by atoms with Gasteiger partial charge < -0.3 is 26.8 Å². The first kappa shape index (κ1) is 35.6. The predicted molar refractivity (Wildman–Crippen MR) is 139 cm³/mol. The number of hydrogen-bond donors (Lipinski definition) is 5. The van der Waals surface area contributed by atoms with Crippen molar-refractivity contribution in [3.63, 3.8) is 0 Å². The molecule has 0 heterocycles. The fraction of sp³-hybridized carbons (Fsp3) is 0. The molecule has 0 aromatic heterocycles. The molecule has 4 rings (SSSR count). The normalized spacial score (nSPS) is 12.0. The van der Waals surface area contributed by atoms with Crippen LogP contribution < -0.4 is 80.8 Å². The van der Waals surface area contributed by atoms with E-state index in [-0.39, 0.29) is 97.7 Å². The Labute approximate surface area is 287 Å². The second-order valence-electron chi connectivity index (χ2n) is 7.99. The van der Waals surface area contributed by atoms with E-state index < -0.39 is 58.6 Å². The van der Waals surface area contributed by atoms with Crippen molar-refractivity contribution in [2.75, 3.05) is 11.5 Å². The van der Waals surface area contributed by atoms with Crippen molar-refractivity contribution in [1.82, 2.24) is 0 Å². The van der Waals surface area contributed by atoms with Gasteiger partial charge in [-0.2, -0.15) is 21.9 Å². The van der Waals surface area contributed by atoms with Gasteiger partial charge in [-0.1, -0.05) is 29.2 Å². The van der Waals surface area contributed by atoms with E-state index in [0.717, 1.165) is 6.07 Å². The molecule has 0 saturated heterocycles. The number of aromatic hydroxyl groups is 1. The molecule has 0 amide bonds. The summed E-state index contributed by atoms with van der Waals surface area (Å²) < 4.78 is 66.4. The Morgan fingerprint density at radius 1 is 0.690 bits per heavy atom. The molecule has 15 nitrogen and oxygen atoms in total. The summed E-state index contributed by atoms with van der Waals surface area (Å²) in [6, 6.07) is 8.44. The molecule has 0 spiro atoms. The first-order valence-corrected chi connectivity index (χ1v) is 13.8. The van der Waals surface area contributed by atoms with Crippen LogP contribution in [0.4, 0.5) is 34.1 Å². The Kier molecular flexibility index (Phi) is 11.4. The van der Waals surface area contributed by atoms with Gasteiger partial charge in [0.1, 0.15) is 22.0 Å². The molecule has 0 bridgehead atoms. The molecule has 4 aromatic rings. The van der Waals surface area contributed by atoms with Crippen molar-refractivity contribution in [3.05, 3.63) is 53.6 Å². The smallest absolute Gasteiger partial charge is 0.871 e. The quantitative estimate of drug-likeness (QED) is 0.0647. The van der Waals surface area contributed by atoms with Crippen LogP contribution >= 0.6 is 11.6 Å². The molecule has 20 heteroatoms. The predicted octanol–water partition coefficient (Wildman–Crippen LogP) is -2.16. The first-order valence-electron chi connectivity index (χ1n) is 10.5. The van der Waals surface area contributed by atoms with Crippen LogP contribution in [0.15, 0.2) is 78.8 Å². The van der Waals surface area contributed by atoms with Crippen molar-refractivity contribution in [3.8, 4) is 17.2 Å². The van der Waals surface area contributed by atoms with Gasteiger partial charge in [-0.3, -0.25) is 9.11 Å². The van der Waals surface area contributed by atoms with Crippen LogP contribution in [0, 0.1) is 0 Å². The molecular formula is C22H15ClN6Na2O9S2. The van der Waals surface area contributed by atoms with Crippen molar-refractivity contribution in [1.29, 1.82) is 0 Å². The summed E-state index contributed by atoms with van der Waals surface area (Å²) in [5.74, 6) is -2.45. The van der Waals surface area contributed by atoms with E-state index in [1.807, 2.05) is 0 Å². The number of nitrogens with zero attached hydrogens (tertiary/aromatic N) is 4. The van der Waals surface area contributed by atoms with Crippen LogP contribution in [0.25, 0.3) is 10.8 Å². The monoisotopic (exact) mass is 652 g/mol. The van der Waals surface area contributed by atoms with Crippen molar-refractivity contribution in [2.45, 2.75) is 9.79 Å². The number of phenolic OH excluding ortho intramolecular Hbond substituents is 1. The van der Waals surface area contributed by atoms with Gasteiger partial charge in [0.15, 0.2) is 0 Å². The molecule has 0 atom stereocenters. The third-order valence-corrected chi connectivity index (χ3v) is 7.25. The maximum absolute atomic E-state index is 13.3. The number of anilines is 2. The zero-order chi connectivity index (χ0) is 29.6. The molecule has 0 fully saturated rings. The number of hydrogen-bond acceptors (Lipinski definition) is 13. The molecule has 42 heavy (non-hydrogen) atoms. The van der Waals surface area contributed by atoms with Crippen LogP contribution in [-0.4, -0.2) is 31.0 Å². The van der Waals surface area contributed by atoms with Gasteiger partial charge in [-0.15, -0.1) is 15.3 Å². The second kappa shape index (κ2) is 13.4. The number of benzene rings is 4. The Hall–Kier alpha value is -2.55. The molecule has 7 N–H and O–H groups in total. The van der Waals surface area contributed by atoms with Crippen molar-refractivity contribution < 1.29 is 100 Å². The molecule has 0 aliphatic rings. The number of halogens is 1. The summed E-state index contributed by atoms with van der Waals surface area (Å²) in [5, 5.41) is 50.1. The van der Waals surface area contributed by atoms with Gasteiger partial charge in [-0.05, 0) is 47.9 Å². The first-order chi connectivity index (χ1) is 18.6. The molecular weight excluding hydrogens is 638 g/mol. The van der Waals surface area contributed by atoms with E-state index in [2.05, 4.69) is 20.5 Å². The average Bonchev–Trinajstić information content (AvgIpc) is 2.85. The van der Waals surface area contributed by atoms with E-state index in [9.17, 15) is 41.3 Å². The van der Waals surface area contributed by atoms with Gasteiger partial charge in [0.25, 0.3) is 20.2 Å².